The average molecular weight is 1540 g/mol. The monoisotopic (exact) mass is 1540 g/mol. The standard InChI is InChI=1S/C14H14.C8H16.C7H14.2C7H13.C7H8.2C7H7.3C3H8.6C2H6.2W/c1-11-3-7-13(8-4-11)14-9-5-12(2)6-10-14;1-2-8-6-4-3-5-7-8;6*1-7-5-3-2-4-6-7;3*1-3-2;6*1-2;;/h3-10H,1-2H3;8H,2-7H2,1H3;7H,2-6H2,1H3;2*2,7H,3-6H2,1H3;2-6H,1H3;2*3-6H,1H3;3*3H2,1-2H3;6*1-2H3;;/q;;;2*-1;;2*-1;;;;;;;;;;2*+2. The molecule has 4 aliphatic carbocycles. The van der Waals surface area contributed by atoms with E-state index in [-0.39, 0.29) is 42.1 Å². The first-order valence-corrected chi connectivity index (χ1v) is 35.9. The molecule has 504 valence electrons. The van der Waals surface area contributed by atoms with Crippen LogP contribution >= 0.6 is 0 Å². The summed E-state index contributed by atoms with van der Waals surface area (Å²) in [4.78, 5) is 0. The smallest absolute Gasteiger partial charge is 0.328 e. The topological polar surface area (TPSA) is 0 Å². The molecule has 0 saturated heterocycles. The van der Waals surface area contributed by atoms with E-state index in [1.165, 1.54) is 180 Å². The fourth-order valence-corrected chi connectivity index (χ4v) is 8.06. The van der Waals surface area contributed by atoms with Gasteiger partial charge < -0.3 is 12.8 Å². The zero-order valence-corrected chi connectivity index (χ0v) is 69.3. The molecule has 2 heteroatoms. The van der Waals surface area contributed by atoms with Gasteiger partial charge in [-0.2, -0.15) is 97.5 Å². The Morgan fingerprint density at radius 1 is 0.310 bits per heavy atom. The van der Waals surface area contributed by atoms with E-state index in [9.17, 15) is 0 Å². The Morgan fingerprint density at radius 3 is 0.701 bits per heavy atom. The SMILES string of the molecule is CC.CC.CC.CC.CC.CC.CC1CCCCC1.CC1CC[CH-]CC1.CC1CC[CH-]CC1.CCC.CCC.CCC.CCC1CCCCC1.Cc1cc[c-]cc1.Cc1cc[c-]cc1.Cc1ccc(-c2ccc(C)cc2)cc1.Cc1ccccc1.[W+2].[W+2]. The van der Waals surface area contributed by atoms with Crippen molar-refractivity contribution in [3.05, 3.63) is 180 Å². The van der Waals surface area contributed by atoms with Crippen LogP contribution in [0.2, 0.25) is 0 Å². The Morgan fingerprint density at radius 2 is 0.540 bits per heavy atom. The first-order chi connectivity index (χ1) is 41.3. The zero-order valence-electron chi connectivity index (χ0n) is 63.5. The second-order valence-electron chi connectivity index (χ2n) is 21.4. The van der Waals surface area contributed by atoms with E-state index in [4.69, 9.17) is 0 Å². The van der Waals surface area contributed by atoms with Crippen LogP contribution in [0.1, 0.15) is 321 Å². The third-order valence-electron chi connectivity index (χ3n) is 12.8. The van der Waals surface area contributed by atoms with Crippen molar-refractivity contribution in [1.82, 2.24) is 0 Å². The zero-order chi connectivity index (χ0) is 66.6. The van der Waals surface area contributed by atoms with Gasteiger partial charge in [-0.3, -0.25) is 0 Å². The normalized spacial score (nSPS) is 13.0. The van der Waals surface area contributed by atoms with E-state index >= 15 is 0 Å². The van der Waals surface area contributed by atoms with Gasteiger partial charge in [0.2, 0.25) is 0 Å². The van der Waals surface area contributed by atoms with Gasteiger partial charge in [-0.05, 0) is 55.6 Å². The van der Waals surface area contributed by atoms with Gasteiger partial charge in [-0.25, -0.2) is 0 Å². The summed E-state index contributed by atoms with van der Waals surface area (Å²) in [6.07, 6.45) is 36.1. The average Bonchev–Trinajstić information content (AvgIpc) is 3.76. The van der Waals surface area contributed by atoms with Crippen molar-refractivity contribution in [2.75, 3.05) is 0 Å². The number of aryl methyl sites for hydroxylation is 5. The van der Waals surface area contributed by atoms with Crippen molar-refractivity contribution in [3.8, 4) is 11.1 Å². The molecule has 87 heavy (non-hydrogen) atoms. The van der Waals surface area contributed by atoms with Gasteiger partial charge in [0.15, 0.2) is 0 Å². The molecule has 5 aromatic rings. The predicted octanol–water partition coefficient (Wildman–Crippen LogP) is 30.3. The number of hydrogen-bond acceptors (Lipinski definition) is 0. The summed E-state index contributed by atoms with van der Waals surface area (Å²) in [5.41, 5.74) is 9.09. The Bertz CT molecular complexity index is 1590. The second-order valence-corrected chi connectivity index (χ2v) is 21.4. The quantitative estimate of drug-likeness (QED) is 0.155. The van der Waals surface area contributed by atoms with E-state index in [2.05, 4.69) is 189 Å². The first-order valence-electron chi connectivity index (χ1n) is 35.9. The number of rotatable bonds is 2. The molecular weight excluding hydrogens is 1390 g/mol. The van der Waals surface area contributed by atoms with Gasteiger partial charge >= 0.3 is 42.1 Å². The first kappa shape index (κ1) is 106. The molecule has 0 spiro atoms. The minimum Gasteiger partial charge on any atom is -0.328 e. The molecule has 4 fully saturated rings. The van der Waals surface area contributed by atoms with Crippen molar-refractivity contribution in [1.29, 1.82) is 0 Å². The molecule has 0 N–H and O–H groups in total. The summed E-state index contributed by atoms with van der Waals surface area (Å²) in [6.45, 7) is 56.5. The third kappa shape index (κ3) is 87.7. The fourth-order valence-electron chi connectivity index (χ4n) is 8.06. The Labute approximate surface area is 581 Å². The van der Waals surface area contributed by atoms with Crippen molar-refractivity contribution in [2.24, 2.45) is 23.7 Å². The van der Waals surface area contributed by atoms with Crippen LogP contribution in [0.5, 0.6) is 0 Å². The van der Waals surface area contributed by atoms with Gasteiger partial charge in [0.25, 0.3) is 0 Å². The van der Waals surface area contributed by atoms with Crippen LogP contribution in [0, 0.1) is 83.3 Å². The summed E-state index contributed by atoms with van der Waals surface area (Å²) in [6, 6.07) is 49.1. The molecule has 5 aromatic carbocycles. The van der Waals surface area contributed by atoms with E-state index in [1.54, 1.807) is 0 Å². The molecule has 0 nitrogen and oxygen atoms in total. The van der Waals surface area contributed by atoms with Crippen molar-refractivity contribution >= 4 is 0 Å². The van der Waals surface area contributed by atoms with Crippen molar-refractivity contribution in [2.45, 2.75) is 328 Å². The van der Waals surface area contributed by atoms with Gasteiger partial charge in [0.1, 0.15) is 0 Å². The molecule has 0 heterocycles. The second kappa shape index (κ2) is 94.6. The van der Waals surface area contributed by atoms with Crippen molar-refractivity contribution < 1.29 is 42.1 Å². The largest absolute Gasteiger partial charge is 2.00 e. The van der Waals surface area contributed by atoms with E-state index < -0.39 is 0 Å². The van der Waals surface area contributed by atoms with E-state index in [1.807, 2.05) is 150 Å². The summed E-state index contributed by atoms with van der Waals surface area (Å²) >= 11 is 0. The van der Waals surface area contributed by atoms with Crippen LogP contribution in [0.4, 0.5) is 0 Å². The van der Waals surface area contributed by atoms with Crippen LogP contribution in [-0.4, -0.2) is 0 Å². The molecule has 0 aromatic heterocycles. The minimum absolute atomic E-state index is 0. The van der Waals surface area contributed by atoms with Gasteiger partial charge in [-0.1, -0.05) is 377 Å². The Balaban J connectivity index is -0.0000000937. The minimum atomic E-state index is 0. The van der Waals surface area contributed by atoms with Crippen LogP contribution in [0.15, 0.2) is 127 Å². The summed E-state index contributed by atoms with van der Waals surface area (Å²) in [5.74, 6) is 4.13. The molecule has 0 bridgehead atoms. The van der Waals surface area contributed by atoms with Crippen LogP contribution < -0.4 is 0 Å². The molecule has 0 aliphatic heterocycles. The maximum Gasteiger partial charge on any atom is 2.00 e. The molecule has 0 atom stereocenters. The van der Waals surface area contributed by atoms with Gasteiger partial charge in [-0.15, -0.1) is 0 Å². The molecule has 4 saturated carbocycles. The predicted molar refractivity (Wildman–Crippen MR) is 402 cm³/mol. The molecule has 9 rings (SSSR count). The molecular formula is C85H152W2. The molecule has 0 unspecified atom stereocenters. The van der Waals surface area contributed by atoms with E-state index in [0.29, 0.717) is 0 Å². The Hall–Kier alpha value is -2.52. The Kier molecular flexibility index (Phi) is 115. The maximum atomic E-state index is 2.93. The fraction of sp³-hybridized carbons (Fsp3) is 0.624. The number of hydrogen-bond donors (Lipinski definition) is 0. The van der Waals surface area contributed by atoms with Crippen LogP contribution in [-0.2, 0) is 42.1 Å². The van der Waals surface area contributed by atoms with Crippen molar-refractivity contribution in [3.63, 3.8) is 0 Å². The van der Waals surface area contributed by atoms with E-state index in [0.717, 1.165) is 23.7 Å². The third-order valence-corrected chi connectivity index (χ3v) is 12.8. The molecule has 0 amide bonds. The summed E-state index contributed by atoms with van der Waals surface area (Å²) < 4.78 is 0. The van der Waals surface area contributed by atoms with Gasteiger partial charge in [0.05, 0.1) is 0 Å². The van der Waals surface area contributed by atoms with Crippen LogP contribution in [0.3, 0.4) is 0 Å². The summed E-state index contributed by atoms with van der Waals surface area (Å²) in [5, 5.41) is 0. The molecule has 4 aliphatic rings. The molecule has 0 radical (unpaired) electrons. The van der Waals surface area contributed by atoms with Gasteiger partial charge in [0, 0.05) is 0 Å². The number of benzene rings is 5. The maximum absolute atomic E-state index is 2.93. The summed E-state index contributed by atoms with van der Waals surface area (Å²) in [7, 11) is 0. The van der Waals surface area contributed by atoms with Crippen LogP contribution in [0.25, 0.3) is 11.1 Å².